The van der Waals surface area contributed by atoms with Crippen LogP contribution in [0.4, 0.5) is 5.69 Å². The largest absolute Gasteiger partial charge is 0.363 e. The van der Waals surface area contributed by atoms with Crippen LogP contribution in [0.25, 0.3) is 0 Å². The average molecular weight is 263 g/mol. The van der Waals surface area contributed by atoms with Gasteiger partial charge in [0.15, 0.2) is 5.11 Å². The van der Waals surface area contributed by atoms with E-state index in [1.807, 2.05) is 6.92 Å². The highest BCUT2D eigenvalue weighted by atomic mass is 32.1. The third-order valence-electron chi connectivity index (χ3n) is 2.68. The van der Waals surface area contributed by atoms with Crippen LogP contribution < -0.4 is 10.6 Å². The van der Waals surface area contributed by atoms with Crippen molar-refractivity contribution < 1.29 is 9.59 Å². The van der Waals surface area contributed by atoms with Gasteiger partial charge in [-0.05, 0) is 37.3 Å². The van der Waals surface area contributed by atoms with Crippen molar-refractivity contribution in [3.8, 4) is 0 Å². The monoisotopic (exact) mass is 263 g/mol. The van der Waals surface area contributed by atoms with Gasteiger partial charge < -0.3 is 10.6 Å². The van der Waals surface area contributed by atoms with Crippen molar-refractivity contribution in [1.82, 2.24) is 10.2 Å². The lowest BCUT2D eigenvalue weighted by Gasteiger charge is -2.09. The molecule has 5 nitrogen and oxygen atoms in total. The van der Waals surface area contributed by atoms with Gasteiger partial charge in [0.05, 0.1) is 11.1 Å². The topological polar surface area (TPSA) is 61.4 Å². The molecule has 0 atom stereocenters. The van der Waals surface area contributed by atoms with Crippen LogP contribution in [0.2, 0.25) is 0 Å². The van der Waals surface area contributed by atoms with E-state index in [0.717, 1.165) is 11.4 Å². The Morgan fingerprint density at radius 2 is 1.94 bits per heavy atom. The Labute approximate surface area is 110 Å². The fraction of sp³-hybridized carbons (Fsp3) is 0.250. The van der Waals surface area contributed by atoms with Gasteiger partial charge in [-0.15, -0.1) is 0 Å². The smallest absolute Gasteiger partial charge is 0.261 e. The number of carbonyl (C=O) groups excluding carboxylic acids is 2. The maximum atomic E-state index is 11.8. The second kappa shape index (κ2) is 4.73. The first kappa shape index (κ1) is 12.5. The number of hydrogen-bond donors (Lipinski definition) is 2. The van der Waals surface area contributed by atoms with E-state index in [1.54, 1.807) is 18.2 Å². The summed E-state index contributed by atoms with van der Waals surface area (Å²) in [4.78, 5) is 24.6. The highest BCUT2D eigenvalue weighted by Gasteiger charge is 2.32. The van der Waals surface area contributed by atoms with E-state index >= 15 is 0 Å². The Balaban J connectivity index is 2.27. The van der Waals surface area contributed by atoms with Gasteiger partial charge in [0.25, 0.3) is 11.8 Å². The molecule has 1 aliphatic rings. The van der Waals surface area contributed by atoms with Crippen molar-refractivity contribution >= 4 is 34.8 Å². The van der Waals surface area contributed by atoms with Gasteiger partial charge in [0.2, 0.25) is 0 Å². The summed E-state index contributed by atoms with van der Waals surface area (Å²) in [7, 11) is 1.47. The second-order valence-corrected chi connectivity index (χ2v) is 4.32. The third-order valence-corrected chi connectivity index (χ3v) is 2.93. The zero-order chi connectivity index (χ0) is 13.3. The van der Waals surface area contributed by atoms with Crippen LogP contribution in [0.5, 0.6) is 0 Å². The minimum Gasteiger partial charge on any atom is -0.363 e. The highest BCUT2D eigenvalue weighted by molar-refractivity contribution is 7.80. The number of rotatable bonds is 2. The predicted molar refractivity (Wildman–Crippen MR) is 72.8 cm³/mol. The standard InChI is InChI=1S/C12H13N3O2S/c1-3-13-12(18)14-7-4-5-8-9(6-7)11(17)15(2)10(8)16/h4-6H,3H2,1-2H3,(H2,13,14,18). The molecule has 0 spiro atoms. The molecule has 0 radical (unpaired) electrons. The molecular weight excluding hydrogens is 250 g/mol. The van der Waals surface area contributed by atoms with Crippen LogP contribution in [-0.4, -0.2) is 35.4 Å². The highest BCUT2D eigenvalue weighted by Crippen LogP contribution is 2.24. The molecule has 0 saturated heterocycles. The molecule has 2 rings (SSSR count). The van der Waals surface area contributed by atoms with Crippen molar-refractivity contribution in [2.45, 2.75) is 6.92 Å². The van der Waals surface area contributed by atoms with Gasteiger partial charge in [0.1, 0.15) is 0 Å². The summed E-state index contributed by atoms with van der Waals surface area (Å²) in [6.45, 7) is 2.66. The predicted octanol–water partition coefficient (Wildman–Crippen LogP) is 1.22. The molecule has 2 amide bonds. The molecule has 18 heavy (non-hydrogen) atoms. The molecule has 1 aromatic rings. The number of anilines is 1. The molecule has 0 aliphatic carbocycles. The molecule has 0 fully saturated rings. The molecule has 94 valence electrons. The fourth-order valence-corrected chi connectivity index (χ4v) is 2.04. The van der Waals surface area contributed by atoms with Crippen LogP contribution in [0, 0.1) is 0 Å². The van der Waals surface area contributed by atoms with Gasteiger partial charge in [-0.2, -0.15) is 0 Å². The normalized spacial score (nSPS) is 13.6. The fourth-order valence-electron chi connectivity index (χ4n) is 1.77. The van der Waals surface area contributed by atoms with E-state index in [2.05, 4.69) is 10.6 Å². The molecule has 1 aliphatic heterocycles. The molecule has 1 aromatic carbocycles. The van der Waals surface area contributed by atoms with Crippen molar-refractivity contribution in [2.75, 3.05) is 18.9 Å². The Morgan fingerprint density at radius 3 is 2.61 bits per heavy atom. The minimum absolute atomic E-state index is 0.268. The summed E-state index contributed by atoms with van der Waals surface area (Å²) < 4.78 is 0. The first-order valence-corrected chi connectivity index (χ1v) is 5.96. The summed E-state index contributed by atoms with van der Waals surface area (Å²) >= 11 is 5.05. The third kappa shape index (κ3) is 2.06. The van der Waals surface area contributed by atoms with Gasteiger partial charge >= 0.3 is 0 Å². The zero-order valence-electron chi connectivity index (χ0n) is 10.1. The summed E-state index contributed by atoms with van der Waals surface area (Å²) in [6.07, 6.45) is 0. The number of benzene rings is 1. The number of amides is 2. The first-order valence-electron chi connectivity index (χ1n) is 5.56. The number of thiocarbonyl (C=S) groups is 1. The summed E-state index contributed by atoms with van der Waals surface area (Å²) in [6, 6.07) is 5.01. The number of imide groups is 1. The Bertz CT molecular complexity index is 542. The number of fused-ring (bicyclic) bond motifs is 1. The Morgan fingerprint density at radius 1 is 1.28 bits per heavy atom. The van der Waals surface area contributed by atoms with E-state index in [0.29, 0.717) is 21.9 Å². The number of hydrogen-bond acceptors (Lipinski definition) is 3. The van der Waals surface area contributed by atoms with Crippen LogP contribution in [0.1, 0.15) is 27.6 Å². The van der Waals surface area contributed by atoms with Gasteiger partial charge in [-0.3, -0.25) is 14.5 Å². The molecular formula is C12H13N3O2S. The molecule has 6 heteroatoms. The molecule has 2 N–H and O–H groups in total. The average Bonchev–Trinajstić information content (AvgIpc) is 2.55. The summed E-state index contributed by atoms with van der Waals surface area (Å²) in [5, 5.41) is 6.40. The van der Waals surface area contributed by atoms with Crippen molar-refractivity contribution in [1.29, 1.82) is 0 Å². The van der Waals surface area contributed by atoms with E-state index < -0.39 is 0 Å². The van der Waals surface area contributed by atoms with Crippen LogP contribution >= 0.6 is 12.2 Å². The number of nitrogens with zero attached hydrogens (tertiary/aromatic N) is 1. The summed E-state index contributed by atoms with van der Waals surface area (Å²) in [5.41, 5.74) is 1.53. The lowest BCUT2D eigenvalue weighted by atomic mass is 10.1. The Hall–Kier alpha value is -1.95. The molecule has 0 bridgehead atoms. The first-order chi connectivity index (χ1) is 8.54. The van der Waals surface area contributed by atoms with Crippen molar-refractivity contribution in [2.24, 2.45) is 0 Å². The molecule has 0 aromatic heterocycles. The maximum Gasteiger partial charge on any atom is 0.261 e. The van der Waals surface area contributed by atoms with Crippen LogP contribution in [0.15, 0.2) is 18.2 Å². The molecule has 0 saturated carbocycles. The van der Waals surface area contributed by atoms with E-state index in [9.17, 15) is 9.59 Å². The SMILES string of the molecule is CCNC(=S)Nc1ccc2c(c1)C(=O)N(C)C2=O. The van der Waals surface area contributed by atoms with Gasteiger partial charge in [-0.1, -0.05) is 0 Å². The van der Waals surface area contributed by atoms with E-state index in [4.69, 9.17) is 12.2 Å². The second-order valence-electron chi connectivity index (χ2n) is 3.91. The van der Waals surface area contributed by atoms with Gasteiger partial charge in [0, 0.05) is 19.3 Å². The van der Waals surface area contributed by atoms with Crippen molar-refractivity contribution in [3.63, 3.8) is 0 Å². The zero-order valence-corrected chi connectivity index (χ0v) is 10.9. The lowest BCUT2D eigenvalue weighted by Crippen LogP contribution is -2.28. The van der Waals surface area contributed by atoms with Crippen molar-refractivity contribution in [3.05, 3.63) is 29.3 Å². The van der Waals surface area contributed by atoms with Gasteiger partial charge in [-0.25, -0.2) is 0 Å². The number of nitrogens with one attached hydrogen (secondary N) is 2. The van der Waals surface area contributed by atoms with E-state index in [-0.39, 0.29) is 11.8 Å². The number of carbonyl (C=O) groups is 2. The Kier molecular flexibility index (Phi) is 3.29. The lowest BCUT2D eigenvalue weighted by molar-refractivity contribution is 0.0693. The molecule has 1 heterocycles. The molecule has 0 unspecified atom stereocenters. The quantitative estimate of drug-likeness (QED) is 0.620. The minimum atomic E-state index is -0.284. The maximum absolute atomic E-state index is 11.8. The van der Waals surface area contributed by atoms with Crippen LogP contribution in [0.3, 0.4) is 0 Å². The van der Waals surface area contributed by atoms with Crippen LogP contribution in [-0.2, 0) is 0 Å². The van der Waals surface area contributed by atoms with E-state index in [1.165, 1.54) is 7.05 Å². The summed E-state index contributed by atoms with van der Waals surface area (Å²) in [5.74, 6) is -0.552.